The Labute approximate surface area is 65.1 Å². The molecule has 5 nitrogen and oxygen atoms in total. The molecule has 0 amide bonds. The van der Waals surface area contributed by atoms with Crippen LogP contribution in [0, 0.1) is 0 Å². The summed E-state index contributed by atoms with van der Waals surface area (Å²) in [6, 6.07) is -0.633. The molecule has 0 heterocycles. The molecule has 0 aliphatic carbocycles. The average Bonchev–Trinajstić information content (AvgIpc) is 2.00. The fourth-order valence-corrected chi connectivity index (χ4v) is 0.647. The first-order valence-electron chi connectivity index (χ1n) is 3.41. The summed E-state index contributed by atoms with van der Waals surface area (Å²) in [6.07, 6.45) is -3.94. The van der Waals surface area contributed by atoms with E-state index in [1.165, 1.54) is 6.92 Å². The van der Waals surface area contributed by atoms with E-state index in [0.717, 1.165) is 0 Å². The van der Waals surface area contributed by atoms with Gasteiger partial charge in [0.2, 0.25) is 0 Å². The highest BCUT2D eigenvalue weighted by molar-refractivity contribution is 4.80. The molecule has 0 saturated heterocycles. The predicted octanol–water partition coefficient (Wildman–Crippen LogP) is -2.59. The van der Waals surface area contributed by atoms with Crippen LogP contribution >= 0.6 is 0 Å². The van der Waals surface area contributed by atoms with E-state index in [0.29, 0.717) is 0 Å². The second-order valence-corrected chi connectivity index (χ2v) is 2.59. The summed E-state index contributed by atoms with van der Waals surface area (Å²) in [7, 11) is 0. The predicted molar refractivity (Wildman–Crippen MR) is 38.8 cm³/mol. The Morgan fingerprint density at radius 1 is 1.18 bits per heavy atom. The summed E-state index contributed by atoms with van der Waals surface area (Å²) in [5.41, 5.74) is 5.23. The van der Waals surface area contributed by atoms with Crippen molar-refractivity contribution in [1.82, 2.24) is 0 Å². The van der Waals surface area contributed by atoms with Gasteiger partial charge >= 0.3 is 0 Å². The molecule has 0 saturated carbocycles. The molecule has 11 heavy (non-hydrogen) atoms. The molecule has 6 N–H and O–H groups in total. The molecule has 0 aromatic rings. The number of hydrogen-bond donors (Lipinski definition) is 5. The van der Waals surface area contributed by atoms with Crippen LogP contribution in [0.1, 0.15) is 6.92 Å². The van der Waals surface area contributed by atoms with Crippen molar-refractivity contribution in [3.63, 3.8) is 0 Å². The summed E-state index contributed by atoms with van der Waals surface area (Å²) in [5, 5.41) is 35.3. The summed E-state index contributed by atoms with van der Waals surface area (Å²) >= 11 is 0. The van der Waals surface area contributed by atoms with Gasteiger partial charge in [-0.3, -0.25) is 0 Å². The Bertz CT molecular complexity index is 109. The number of aliphatic hydroxyl groups excluding tert-OH is 4. The lowest BCUT2D eigenvalue weighted by Gasteiger charge is -2.23. The van der Waals surface area contributed by atoms with E-state index < -0.39 is 31.0 Å². The third-order valence-corrected chi connectivity index (χ3v) is 1.47. The van der Waals surface area contributed by atoms with E-state index in [1.807, 2.05) is 0 Å². The number of hydrogen-bond acceptors (Lipinski definition) is 5. The summed E-state index contributed by atoms with van der Waals surface area (Å²) in [5.74, 6) is 0. The van der Waals surface area contributed by atoms with E-state index in [2.05, 4.69) is 0 Å². The highest BCUT2D eigenvalue weighted by atomic mass is 16.4. The summed E-state index contributed by atoms with van der Waals surface area (Å²) in [6.45, 7) is 0.906. The third kappa shape index (κ3) is 3.13. The van der Waals surface area contributed by atoms with Gasteiger partial charge < -0.3 is 26.2 Å². The maximum Gasteiger partial charge on any atom is 0.109 e. The van der Waals surface area contributed by atoms with Crippen molar-refractivity contribution in [2.75, 3.05) is 6.61 Å². The van der Waals surface area contributed by atoms with Gasteiger partial charge in [0, 0.05) is 6.04 Å². The number of rotatable bonds is 4. The smallest absolute Gasteiger partial charge is 0.109 e. The molecular weight excluding hydrogens is 150 g/mol. The van der Waals surface area contributed by atoms with Crippen molar-refractivity contribution in [3.05, 3.63) is 0 Å². The first-order chi connectivity index (χ1) is 5.00. The van der Waals surface area contributed by atoms with E-state index in [9.17, 15) is 0 Å². The Hall–Kier alpha value is -0.200. The fourth-order valence-electron chi connectivity index (χ4n) is 0.647. The molecule has 0 aliphatic heterocycles. The van der Waals surface area contributed by atoms with Crippen LogP contribution in [0.5, 0.6) is 0 Å². The van der Waals surface area contributed by atoms with Crippen LogP contribution in [-0.2, 0) is 0 Å². The second-order valence-electron chi connectivity index (χ2n) is 2.59. The first-order valence-corrected chi connectivity index (χ1v) is 3.41. The van der Waals surface area contributed by atoms with E-state index in [1.54, 1.807) is 0 Å². The first kappa shape index (κ1) is 10.8. The maximum atomic E-state index is 9.05. The Morgan fingerprint density at radius 3 is 1.91 bits per heavy atom. The van der Waals surface area contributed by atoms with Gasteiger partial charge in [0.1, 0.15) is 12.2 Å². The lowest BCUT2D eigenvalue weighted by Crippen LogP contribution is -2.47. The van der Waals surface area contributed by atoms with Gasteiger partial charge in [-0.1, -0.05) is 0 Å². The molecule has 0 radical (unpaired) electrons. The van der Waals surface area contributed by atoms with Gasteiger partial charge in [0.25, 0.3) is 0 Å². The van der Waals surface area contributed by atoms with Crippen LogP contribution in [0.15, 0.2) is 0 Å². The van der Waals surface area contributed by atoms with Gasteiger partial charge in [-0.2, -0.15) is 0 Å². The zero-order chi connectivity index (χ0) is 9.02. The quantitative estimate of drug-likeness (QED) is 0.314. The Morgan fingerprint density at radius 2 is 1.64 bits per heavy atom. The molecule has 0 aliphatic rings. The maximum absolute atomic E-state index is 9.05. The SMILES string of the molecule is C[C@H](N)[C@@H](O)[C@H](O)[C@H](O)CO. The molecular formula is C6H15NO4. The number of nitrogens with two attached hydrogens (primary N) is 1. The topological polar surface area (TPSA) is 107 Å². The van der Waals surface area contributed by atoms with Crippen LogP contribution in [0.4, 0.5) is 0 Å². The minimum atomic E-state index is -1.39. The van der Waals surface area contributed by atoms with Gasteiger partial charge in [0.15, 0.2) is 0 Å². The van der Waals surface area contributed by atoms with E-state index in [-0.39, 0.29) is 0 Å². The molecule has 0 unspecified atom stereocenters. The van der Waals surface area contributed by atoms with Crippen LogP contribution < -0.4 is 5.73 Å². The molecule has 0 rings (SSSR count). The molecule has 0 bridgehead atoms. The second kappa shape index (κ2) is 4.63. The highest BCUT2D eigenvalue weighted by Gasteiger charge is 2.26. The summed E-state index contributed by atoms with van der Waals surface area (Å²) < 4.78 is 0. The molecule has 0 fully saturated rings. The molecule has 68 valence electrons. The van der Waals surface area contributed by atoms with Crippen molar-refractivity contribution in [1.29, 1.82) is 0 Å². The molecule has 4 atom stereocenters. The lowest BCUT2D eigenvalue weighted by molar-refractivity contribution is -0.0815. The van der Waals surface area contributed by atoms with Gasteiger partial charge in [-0.15, -0.1) is 0 Å². The normalized spacial score (nSPS) is 22.4. The standard InChI is InChI=1S/C6H15NO4/c1-3(7)5(10)6(11)4(9)2-8/h3-6,8-11H,2,7H2,1H3/t3-,4+,5+,6+/m0/s1. The van der Waals surface area contributed by atoms with Gasteiger partial charge in [-0.25, -0.2) is 0 Å². The lowest BCUT2D eigenvalue weighted by atomic mass is 10.0. The van der Waals surface area contributed by atoms with Gasteiger partial charge in [-0.05, 0) is 6.92 Å². The minimum Gasteiger partial charge on any atom is -0.394 e. The van der Waals surface area contributed by atoms with Crippen molar-refractivity contribution < 1.29 is 20.4 Å². The molecule has 0 aromatic heterocycles. The number of aliphatic hydroxyl groups is 4. The summed E-state index contributed by atoms with van der Waals surface area (Å²) in [4.78, 5) is 0. The monoisotopic (exact) mass is 165 g/mol. The van der Waals surface area contributed by atoms with E-state index in [4.69, 9.17) is 26.2 Å². The van der Waals surface area contributed by atoms with Gasteiger partial charge in [0.05, 0.1) is 12.7 Å². The molecule has 0 spiro atoms. The third-order valence-electron chi connectivity index (χ3n) is 1.47. The van der Waals surface area contributed by atoms with Crippen molar-refractivity contribution >= 4 is 0 Å². The Balaban J connectivity index is 3.90. The van der Waals surface area contributed by atoms with Crippen LogP contribution in [0.2, 0.25) is 0 Å². The zero-order valence-corrected chi connectivity index (χ0v) is 6.38. The Kier molecular flexibility index (Phi) is 4.55. The average molecular weight is 165 g/mol. The van der Waals surface area contributed by atoms with Crippen molar-refractivity contribution in [3.8, 4) is 0 Å². The van der Waals surface area contributed by atoms with Crippen molar-refractivity contribution in [2.24, 2.45) is 5.73 Å². The highest BCUT2D eigenvalue weighted by Crippen LogP contribution is 2.02. The minimum absolute atomic E-state index is 0.592. The van der Waals surface area contributed by atoms with Crippen LogP contribution in [0.3, 0.4) is 0 Å². The van der Waals surface area contributed by atoms with Crippen molar-refractivity contribution in [2.45, 2.75) is 31.3 Å². The molecule has 0 aromatic carbocycles. The van der Waals surface area contributed by atoms with Crippen LogP contribution in [0.25, 0.3) is 0 Å². The largest absolute Gasteiger partial charge is 0.394 e. The fraction of sp³-hybridized carbons (Fsp3) is 1.00. The molecule has 5 heteroatoms. The zero-order valence-electron chi connectivity index (χ0n) is 6.38. The van der Waals surface area contributed by atoms with E-state index >= 15 is 0 Å². The van der Waals surface area contributed by atoms with Crippen LogP contribution in [-0.4, -0.2) is 51.4 Å².